The van der Waals surface area contributed by atoms with Gasteiger partial charge < -0.3 is 15.3 Å². The van der Waals surface area contributed by atoms with Gasteiger partial charge in [-0.15, -0.1) is 0 Å². The van der Waals surface area contributed by atoms with Crippen LogP contribution in [0.2, 0.25) is 0 Å². The number of halogens is 3. The number of benzene rings is 1. The van der Waals surface area contributed by atoms with E-state index in [1.54, 1.807) is 4.90 Å². The zero-order valence-corrected chi connectivity index (χ0v) is 10.00. The summed E-state index contributed by atoms with van der Waals surface area (Å²) in [5.74, 6) is -1.01. The molecule has 0 atom stereocenters. The summed E-state index contributed by atoms with van der Waals surface area (Å²) in [4.78, 5) is 12.3. The van der Waals surface area contributed by atoms with E-state index in [-0.39, 0.29) is 6.54 Å². The molecule has 0 amide bonds. The number of nitrogens with one attached hydrogen (secondary N) is 1. The van der Waals surface area contributed by atoms with E-state index < -0.39 is 17.7 Å². The van der Waals surface area contributed by atoms with Gasteiger partial charge in [-0.3, -0.25) is 4.79 Å². The number of anilines is 2. The average Bonchev–Trinajstić information content (AvgIpc) is 2.49. The van der Waals surface area contributed by atoms with Crippen molar-refractivity contribution in [1.82, 2.24) is 0 Å². The Balaban J connectivity index is 2.37. The number of carboxylic acids is 1. The summed E-state index contributed by atoms with van der Waals surface area (Å²) in [6.07, 6.45) is -3.73. The van der Waals surface area contributed by atoms with Crippen molar-refractivity contribution in [2.75, 3.05) is 29.9 Å². The van der Waals surface area contributed by atoms with Crippen LogP contribution in [0.1, 0.15) is 12.0 Å². The van der Waals surface area contributed by atoms with Gasteiger partial charge in [-0.25, -0.2) is 0 Å². The number of rotatable bonds is 2. The lowest BCUT2D eigenvalue weighted by Crippen LogP contribution is -2.30. The molecule has 2 rings (SSSR count). The highest BCUT2D eigenvalue weighted by molar-refractivity contribution is 5.79. The fourth-order valence-electron chi connectivity index (χ4n) is 2.07. The Labute approximate surface area is 107 Å². The molecule has 0 saturated carbocycles. The zero-order valence-electron chi connectivity index (χ0n) is 10.00. The van der Waals surface area contributed by atoms with E-state index in [9.17, 15) is 18.0 Å². The molecule has 1 aromatic rings. The van der Waals surface area contributed by atoms with E-state index in [4.69, 9.17) is 5.11 Å². The van der Waals surface area contributed by atoms with Crippen molar-refractivity contribution in [2.45, 2.75) is 12.6 Å². The predicted molar refractivity (Wildman–Crippen MR) is 64.4 cm³/mol. The normalized spacial score (nSPS) is 15.4. The topological polar surface area (TPSA) is 52.6 Å². The maximum Gasteiger partial charge on any atom is 0.416 e. The van der Waals surface area contributed by atoms with Crippen LogP contribution in [0.25, 0.3) is 0 Å². The van der Waals surface area contributed by atoms with Crippen LogP contribution in [-0.2, 0) is 11.0 Å². The molecule has 2 N–H and O–H groups in total. The molecule has 1 aliphatic heterocycles. The Kier molecular flexibility index (Phi) is 3.55. The van der Waals surface area contributed by atoms with Crippen LogP contribution in [0, 0.1) is 0 Å². The number of aliphatic carboxylic acids is 1. The van der Waals surface area contributed by atoms with E-state index in [0.717, 1.165) is 12.1 Å². The predicted octanol–water partition coefficient (Wildman–Crippen LogP) is 2.41. The Bertz CT molecular complexity index is 488. The van der Waals surface area contributed by atoms with Gasteiger partial charge in [0.15, 0.2) is 0 Å². The smallest absolute Gasteiger partial charge is 0.416 e. The second-order valence-corrected chi connectivity index (χ2v) is 4.33. The van der Waals surface area contributed by atoms with Crippen LogP contribution in [0.3, 0.4) is 0 Å². The Morgan fingerprint density at radius 2 is 2.16 bits per heavy atom. The Morgan fingerprint density at radius 3 is 2.79 bits per heavy atom. The molecular formula is C12H13F3N2O2. The fourth-order valence-corrected chi connectivity index (χ4v) is 2.07. The van der Waals surface area contributed by atoms with Gasteiger partial charge in [0.25, 0.3) is 0 Å². The summed E-state index contributed by atoms with van der Waals surface area (Å²) < 4.78 is 37.9. The van der Waals surface area contributed by atoms with Gasteiger partial charge >= 0.3 is 12.1 Å². The summed E-state index contributed by atoms with van der Waals surface area (Å²) in [5.41, 5.74) is 0.0809. The van der Waals surface area contributed by atoms with Crippen LogP contribution >= 0.6 is 0 Å². The van der Waals surface area contributed by atoms with Gasteiger partial charge in [0.2, 0.25) is 0 Å². The quantitative estimate of drug-likeness (QED) is 0.869. The number of fused-ring (bicyclic) bond motifs is 1. The number of nitrogens with zero attached hydrogens (tertiary/aromatic N) is 1. The van der Waals surface area contributed by atoms with Crippen molar-refractivity contribution >= 4 is 17.3 Å². The van der Waals surface area contributed by atoms with Crippen LogP contribution in [0.5, 0.6) is 0 Å². The molecule has 104 valence electrons. The first-order valence-corrected chi connectivity index (χ1v) is 5.80. The molecule has 19 heavy (non-hydrogen) atoms. The first-order chi connectivity index (χ1) is 8.88. The van der Waals surface area contributed by atoms with E-state index in [1.165, 1.54) is 6.07 Å². The third-order valence-electron chi connectivity index (χ3n) is 2.91. The molecule has 0 aliphatic carbocycles. The summed E-state index contributed by atoms with van der Waals surface area (Å²) in [6.45, 7) is 0.794. The SMILES string of the molecule is O=C(O)CN1CCCNc2cc(C(F)(F)F)ccc21. The number of hydrogen-bond acceptors (Lipinski definition) is 3. The summed E-state index contributed by atoms with van der Waals surface area (Å²) in [6, 6.07) is 3.32. The molecule has 1 aliphatic rings. The molecule has 0 aromatic heterocycles. The maximum absolute atomic E-state index is 12.6. The molecule has 0 bridgehead atoms. The minimum absolute atomic E-state index is 0.222. The van der Waals surface area contributed by atoms with Gasteiger partial charge in [0, 0.05) is 13.1 Å². The maximum atomic E-state index is 12.6. The first-order valence-electron chi connectivity index (χ1n) is 5.80. The van der Waals surface area contributed by atoms with Crippen LogP contribution in [0.15, 0.2) is 18.2 Å². The van der Waals surface area contributed by atoms with Crippen molar-refractivity contribution in [1.29, 1.82) is 0 Å². The van der Waals surface area contributed by atoms with Gasteiger partial charge in [0.05, 0.1) is 16.9 Å². The highest BCUT2D eigenvalue weighted by atomic mass is 19.4. The minimum Gasteiger partial charge on any atom is -0.480 e. The van der Waals surface area contributed by atoms with Crippen LogP contribution in [-0.4, -0.2) is 30.7 Å². The number of hydrogen-bond donors (Lipinski definition) is 2. The molecule has 0 fully saturated rings. The number of carbonyl (C=O) groups is 1. The van der Waals surface area contributed by atoms with Crippen molar-refractivity contribution in [3.05, 3.63) is 23.8 Å². The summed E-state index contributed by atoms with van der Waals surface area (Å²) in [7, 11) is 0. The second kappa shape index (κ2) is 4.99. The van der Waals surface area contributed by atoms with E-state index in [0.29, 0.717) is 30.9 Å². The monoisotopic (exact) mass is 274 g/mol. The van der Waals surface area contributed by atoms with Crippen LogP contribution < -0.4 is 10.2 Å². The molecule has 0 saturated heterocycles. The van der Waals surface area contributed by atoms with Crippen molar-refractivity contribution < 1.29 is 23.1 Å². The van der Waals surface area contributed by atoms with Crippen LogP contribution in [0.4, 0.5) is 24.5 Å². The molecule has 4 nitrogen and oxygen atoms in total. The first kappa shape index (κ1) is 13.5. The standard InChI is InChI=1S/C12H13F3N2O2/c13-12(14,15)8-2-3-10-9(6-8)16-4-1-5-17(10)7-11(18)19/h2-3,6,16H,1,4-5,7H2,(H,18,19). The Hall–Kier alpha value is -1.92. The highest BCUT2D eigenvalue weighted by Gasteiger charge is 2.31. The van der Waals surface area contributed by atoms with Gasteiger partial charge in [0.1, 0.15) is 6.54 Å². The highest BCUT2D eigenvalue weighted by Crippen LogP contribution is 2.36. The van der Waals surface area contributed by atoms with E-state index >= 15 is 0 Å². The Morgan fingerprint density at radius 1 is 1.42 bits per heavy atom. The third-order valence-corrected chi connectivity index (χ3v) is 2.91. The number of alkyl halides is 3. The van der Waals surface area contributed by atoms with Crippen molar-refractivity contribution in [2.24, 2.45) is 0 Å². The van der Waals surface area contributed by atoms with Crippen molar-refractivity contribution in [3.63, 3.8) is 0 Å². The molecule has 0 unspecified atom stereocenters. The molecule has 0 spiro atoms. The largest absolute Gasteiger partial charge is 0.480 e. The third kappa shape index (κ3) is 3.10. The molecule has 1 heterocycles. The van der Waals surface area contributed by atoms with Crippen molar-refractivity contribution in [3.8, 4) is 0 Å². The van der Waals surface area contributed by atoms with Gasteiger partial charge in [-0.2, -0.15) is 13.2 Å². The molecule has 1 aromatic carbocycles. The lowest BCUT2D eigenvalue weighted by molar-refractivity contribution is -0.138. The summed E-state index contributed by atoms with van der Waals surface area (Å²) >= 11 is 0. The average molecular weight is 274 g/mol. The molecule has 7 heteroatoms. The lowest BCUT2D eigenvalue weighted by Gasteiger charge is -2.23. The minimum atomic E-state index is -4.40. The number of carboxylic acid groups (broad SMARTS) is 1. The molecule has 0 radical (unpaired) electrons. The summed E-state index contributed by atoms with van der Waals surface area (Å²) in [5, 5.41) is 11.7. The lowest BCUT2D eigenvalue weighted by atomic mass is 10.1. The van der Waals surface area contributed by atoms with E-state index in [2.05, 4.69) is 5.32 Å². The fraction of sp³-hybridized carbons (Fsp3) is 0.417. The molecular weight excluding hydrogens is 261 g/mol. The second-order valence-electron chi connectivity index (χ2n) is 4.33. The van der Waals surface area contributed by atoms with Gasteiger partial charge in [-0.05, 0) is 24.6 Å². The van der Waals surface area contributed by atoms with Gasteiger partial charge in [-0.1, -0.05) is 0 Å². The van der Waals surface area contributed by atoms with E-state index in [1.807, 2.05) is 0 Å². The zero-order chi connectivity index (χ0) is 14.0.